The molecule has 1 aromatic rings. The number of carbonyl (C=O) groups is 2. The van der Waals surface area contributed by atoms with Crippen LogP contribution in [-0.4, -0.2) is 44.2 Å². The van der Waals surface area contributed by atoms with Crippen LogP contribution in [0.2, 0.25) is 0 Å². The highest BCUT2D eigenvalue weighted by Gasteiger charge is 2.57. The highest BCUT2D eigenvalue weighted by Crippen LogP contribution is 2.53. The maximum Gasteiger partial charge on any atom is 0.354 e. The molecule has 1 fully saturated rings. The molecule has 0 saturated carbocycles. The fourth-order valence-corrected chi connectivity index (χ4v) is 5.63. The first kappa shape index (κ1) is 16.4. The van der Waals surface area contributed by atoms with Crippen LogP contribution < -0.4 is 4.57 Å². The molecule has 3 heterocycles. The molecule has 0 bridgehead atoms. The van der Waals surface area contributed by atoms with Crippen molar-refractivity contribution in [1.29, 1.82) is 0 Å². The molecular weight excluding hydrogens is 336 g/mol. The zero-order valence-corrected chi connectivity index (χ0v) is 14.1. The molecule has 0 radical (unpaired) electrons. The number of carboxylic acid groups (broad SMARTS) is 1. The first-order valence-corrected chi connectivity index (χ1v) is 9.09. The standard InChI is InChI=1S/C15H16N2O4S2/c1-9(18)10-12(19)17-11(14(20)21)15(23-13(10)17)22-8-7-16-5-3-2-4-6-16/h2-6,9-10,13,18H,7-8H2,1H3/p+1/t9-,10+,13-/m1/s1. The second kappa shape index (κ2) is 6.54. The number of carbonyl (C=O) groups excluding carboxylic acids is 1. The van der Waals surface area contributed by atoms with Crippen molar-refractivity contribution in [2.75, 3.05) is 5.75 Å². The number of carboxylic acids is 1. The predicted molar refractivity (Wildman–Crippen MR) is 87.2 cm³/mol. The number of amides is 1. The smallest absolute Gasteiger partial charge is 0.354 e. The van der Waals surface area contributed by atoms with Gasteiger partial charge in [-0.15, -0.1) is 11.8 Å². The first-order valence-electron chi connectivity index (χ1n) is 7.23. The summed E-state index contributed by atoms with van der Waals surface area (Å²) in [6, 6.07) is 5.82. The number of rotatable bonds is 6. The van der Waals surface area contributed by atoms with E-state index in [1.807, 2.05) is 35.2 Å². The highest BCUT2D eigenvalue weighted by atomic mass is 32.2. The van der Waals surface area contributed by atoms with Crippen LogP contribution in [-0.2, 0) is 16.1 Å². The molecule has 1 aromatic heterocycles. The molecule has 1 amide bonds. The molecule has 2 aliphatic rings. The summed E-state index contributed by atoms with van der Waals surface area (Å²) in [5.74, 6) is -1.20. The van der Waals surface area contributed by atoms with Crippen LogP contribution in [0, 0.1) is 5.92 Å². The van der Waals surface area contributed by atoms with Crippen molar-refractivity contribution in [3.8, 4) is 0 Å². The third-order valence-electron chi connectivity index (χ3n) is 3.83. The van der Waals surface area contributed by atoms with E-state index in [9.17, 15) is 19.8 Å². The van der Waals surface area contributed by atoms with Gasteiger partial charge in [-0.3, -0.25) is 9.69 Å². The van der Waals surface area contributed by atoms with Gasteiger partial charge in [0.2, 0.25) is 5.91 Å². The summed E-state index contributed by atoms with van der Waals surface area (Å²) in [5, 5.41) is 18.8. The molecule has 8 heteroatoms. The number of aromatic nitrogens is 1. The SMILES string of the molecule is C[C@@H](O)[C@H]1C(=O)N2C(C(=O)O)=C(SCC[n+]3ccccc3)S[C@H]12. The molecule has 2 aliphatic heterocycles. The number of aliphatic hydroxyl groups is 1. The van der Waals surface area contributed by atoms with Crippen molar-refractivity contribution < 1.29 is 24.4 Å². The summed E-state index contributed by atoms with van der Waals surface area (Å²) in [5.41, 5.74) is 0.0601. The van der Waals surface area contributed by atoms with Crippen LogP contribution >= 0.6 is 23.5 Å². The third-order valence-corrected chi connectivity index (χ3v) is 6.47. The van der Waals surface area contributed by atoms with Gasteiger partial charge in [0, 0.05) is 12.1 Å². The van der Waals surface area contributed by atoms with Crippen molar-refractivity contribution in [3.63, 3.8) is 0 Å². The fourth-order valence-electron chi connectivity index (χ4n) is 2.68. The van der Waals surface area contributed by atoms with Crippen LogP contribution in [0.1, 0.15) is 6.92 Å². The van der Waals surface area contributed by atoms with Crippen molar-refractivity contribution in [1.82, 2.24) is 4.90 Å². The van der Waals surface area contributed by atoms with Crippen LogP contribution in [0.15, 0.2) is 40.5 Å². The summed E-state index contributed by atoms with van der Waals surface area (Å²) in [6.45, 7) is 2.32. The summed E-state index contributed by atoms with van der Waals surface area (Å²) in [7, 11) is 0. The maximum absolute atomic E-state index is 12.1. The number of aliphatic hydroxyl groups excluding tert-OH is 1. The number of aryl methyl sites for hydroxylation is 1. The second-order valence-electron chi connectivity index (χ2n) is 5.39. The number of pyridine rings is 1. The van der Waals surface area contributed by atoms with Crippen LogP contribution in [0.4, 0.5) is 0 Å². The van der Waals surface area contributed by atoms with Gasteiger partial charge in [-0.2, -0.15) is 0 Å². The molecule has 0 aliphatic carbocycles. The predicted octanol–water partition coefficient (Wildman–Crippen LogP) is 0.873. The molecule has 2 N–H and O–H groups in total. The summed E-state index contributed by atoms with van der Waals surface area (Å²) < 4.78 is 2.67. The zero-order chi connectivity index (χ0) is 16.6. The lowest BCUT2D eigenvalue weighted by Gasteiger charge is -2.43. The topological polar surface area (TPSA) is 81.7 Å². The van der Waals surface area contributed by atoms with Gasteiger partial charge < -0.3 is 10.2 Å². The average Bonchev–Trinajstić information content (AvgIpc) is 2.82. The average molecular weight is 353 g/mol. The Morgan fingerprint density at radius 2 is 2.13 bits per heavy atom. The molecule has 0 aromatic carbocycles. The third kappa shape index (κ3) is 2.98. The van der Waals surface area contributed by atoms with Gasteiger partial charge >= 0.3 is 5.97 Å². The Kier molecular flexibility index (Phi) is 4.65. The van der Waals surface area contributed by atoms with Crippen LogP contribution in [0.3, 0.4) is 0 Å². The van der Waals surface area contributed by atoms with Gasteiger partial charge in [-0.25, -0.2) is 9.36 Å². The molecule has 0 spiro atoms. The van der Waals surface area contributed by atoms with Gasteiger partial charge in [-0.05, 0) is 6.92 Å². The van der Waals surface area contributed by atoms with E-state index in [2.05, 4.69) is 0 Å². The van der Waals surface area contributed by atoms with E-state index < -0.39 is 18.0 Å². The maximum atomic E-state index is 12.1. The minimum absolute atomic E-state index is 0.0601. The number of hydrogen-bond donors (Lipinski definition) is 2. The fraction of sp³-hybridized carbons (Fsp3) is 0.400. The monoisotopic (exact) mass is 353 g/mol. The number of thioether (sulfide) groups is 2. The van der Waals surface area contributed by atoms with E-state index in [1.165, 1.54) is 28.4 Å². The summed E-state index contributed by atoms with van der Waals surface area (Å²) in [4.78, 5) is 24.9. The van der Waals surface area contributed by atoms with Crippen molar-refractivity contribution in [2.24, 2.45) is 5.92 Å². The number of β-lactam (4-membered cyclic amide) rings is 1. The molecule has 3 atom stereocenters. The molecule has 23 heavy (non-hydrogen) atoms. The Bertz CT molecular complexity index is 663. The Hall–Kier alpha value is -1.51. The zero-order valence-electron chi connectivity index (χ0n) is 12.5. The quantitative estimate of drug-likeness (QED) is 0.583. The van der Waals surface area contributed by atoms with Gasteiger partial charge in [0.25, 0.3) is 0 Å². The largest absolute Gasteiger partial charge is 0.477 e. The Labute approximate surface area is 142 Å². The molecular formula is C15H17N2O4S2+. The molecule has 3 rings (SSSR count). The number of nitrogens with zero attached hydrogens (tertiary/aromatic N) is 2. The van der Waals surface area contributed by atoms with Gasteiger partial charge in [0.05, 0.1) is 22.0 Å². The summed E-state index contributed by atoms with van der Waals surface area (Å²) in [6.07, 6.45) is 3.14. The van der Waals surface area contributed by atoms with Gasteiger partial charge in [-0.1, -0.05) is 17.8 Å². The van der Waals surface area contributed by atoms with E-state index in [4.69, 9.17) is 0 Å². The van der Waals surface area contributed by atoms with E-state index in [0.29, 0.717) is 9.99 Å². The lowest BCUT2D eigenvalue weighted by atomic mass is 9.92. The van der Waals surface area contributed by atoms with E-state index in [0.717, 1.165) is 6.54 Å². The first-order chi connectivity index (χ1) is 11.0. The Balaban J connectivity index is 1.69. The van der Waals surface area contributed by atoms with E-state index >= 15 is 0 Å². The van der Waals surface area contributed by atoms with Crippen LogP contribution in [0.25, 0.3) is 0 Å². The Morgan fingerprint density at radius 3 is 2.74 bits per heavy atom. The minimum Gasteiger partial charge on any atom is -0.477 e. The van der Waals surface area contributed by atoms with Crippen LogP contribution in [0.5, 0.6) is 0 Å². The lowest BCUT2D eigenvalue weighted by Crippen LogP contribution is -2.60. The molecule has 122 valence electrons. The number of hydrogen-bond acceptors (Lipinski definition) is 5. The van der Waals surface area contributed by atoms with Crippen molar-refractivity contribution >= 4 is 35.4 Å². The Morgan fingerprint density at radius 1 is 1.43 bits per heavy atom. The van der Waals surface area contributed by atoms with Gasteiger partial charge in [0.15, 0.2) is 24.6 Å². The molecule has 0 unspecified atom stereocenters. The second-order valence-corrected chi connectivity index (χ2v) is 7.88. The molecule has 6 nitrogen and oxygen atoms in total. The van der Waals surface area contributed by atoms with Crippen molar-refractivity contribution in [2.45, 2.75) is 24.9 Å². The van der Waals surface area contributed by atoms with Gasteiger partial charge in [0.1, 0.15) is 5.37 Å². The number of aliphatic carboxylic acids is 1. The minimum atomic E-state index is -1.09. The number of fused-ring (bicyclic) bond motifs is 1. The van der Waals surface area contributed by atoms with E-state index in [-0.39, 0.29) is 17.0 Å². The summed E-state index contributed by atoms with van der Waals surface area (Å²) >= 11 is 2.81. The highest BCUT2D eigenvalue weighted by molar-refractivity contribution is 8.22. The lowest BCUT2D eigenvalue weighted by molar-refractivity contribution is -0.692. The normalized spacial score (nSPS) is 24.4. The molecule has 1 saturated heterocycles. The van der Waals surface area contributed by atoms with Crippen molar-refractivity contribution in [3.05, 3.63) is 40.5 Å². The van der Waals surface area contributed by atoms with E-state index in [1.54, 1.807) is 6.92 Å².